The molecule has 0 saturated carbocycles. The van der Waals surface area contributed by atoms with E-state index in [1.165, 1.54) is 0 Å². The quantitative estimate of drug-likeness (QED) is 0.877. The number of nitrogens with zero attached hydrogens (tertiary/aromatic N) is 2. The third-order valence-electron chi connectivity index (χ3n) is 3.72. The van der Waals surface area contributed by atoms with Crippen molar-refractivity contribution in [3.63, 3.8) is 0 Å². The fourth-order valence-corrected chi connectivity index (χ4v) is 2.69. The van der Waals surface area contributed by atoms with Gasteiger partial charge in [0.15, 0.2) is 5.82 Å². The number of hydrogen-bond acceptors (Lipinski definition) is 4. The number of rotatable bonds is 3. The molecule has 0 saturated heterocycles. The minimum Gasteiger partial charge on any atom is -0.396 e. The molecule has 0 bridgehead atoms. The molecule has 1 heterocycles. The number of fused-ring (bicyclic) bond motifs is 1. The van der Waals surface area contributed by atoms with Gasteiger partial charge in [0.05, 0.1) is 18.9 Å². The molecule has 1 aromatic heterocycles. The lowest BCUT2D eigenvalue weighted by molar-refractivity contribution is 0.233. The summed E-state index contributed by atoms with van der Waals surface area (Å²) < 4.78 is 0. The molecule has 3 rings (SSSR count). The van der Waals surface area contributed by atoms with Gasteiger partial charge in [-0.1, -0.05) is 30.3 Å². The van der Waals surface area contributed by atoms with Crippen LogP contribution >= 0.6 is 0 Å². The van der Waals surface area contributed by atoms with Gasteiger partial charge in [-0.25, -0.2) is 9.97 Å². The van der Waals surface area contributed by atoms with Crippen LogP contribution in [0.4, 0.5) is 0 Å². The van der Waals surface area contributed by atoms with Gasteiger partial charge in [0.2, 0.25) is 0 Å². The molecule has 4 nitrogen and oxygen atoms in total. The highest BCUT2D eigenvalue weighted by Gasteiger charge is 2.32. The van der Waals surface area contributed by atoms with Crippen molar-refractivity contribution in [3.05, 3.63) is 47.8 Å². The summed E-state index contributed by atoms with van der Waals surface area (Å²) in [6.45, 7) is 0.145. The molecule has 1 aromatic carbocycles. The molecule has 2 N–H and O–H groups in total. The molecule has 0 fully saturated rings. The maximum Gasteiger partial charge on any atom is 0.159 e. The Balaban J connectivity index is 2.04. The van der Waals surface area contributed by atoms with E-state index >= 15 is 0 Å². The monoisotopic (exact) mass is 256 g/mol. The van der Waals surface area contributed by atoms with Gasteiger partial charge in [-0.3, -0.25) is 0 Å². The zero-order valence-electron chi connectivity index (χ0n) is 10.5. The second kappa shape index (κ2) is 5.07. The molecule has 2 aromatic rings. The van der Waals surface area contributed by atoms with E-state index in [0.717, 1.165) is 23.2 Å². The third-order valence-corrected chi connectivity index (χ3v) is 3.72. The summed E-state index contributed by atoms with van der Waals surface area (Å²) in [5, 5.41) is 18.8. The van der Waals surface area contributed by atoms with E-state index in [9.17, 15) is 10.2 Å². The van der Waals surface area contributed by atoms with Crippen LogP contribution in [0.15, 0.2) is 36.5 Å². The van der Waals surface area contributed by atoms with Crippen LogP contribution in [-0.4, -0.2) is 33.4 Å². The lowest BCUT2D eigenvalue weighted by Gasteiger charge is -2.08. The number of aliphatic hydroxyl groups excluding tert-OH is 2. The van der Waals surface area contributed by atoms with Crippen molar-refractivity contribution in [1.82, 2.24) is 9.97 Å². The van der Waals surface area contributed by atoms with Crippen LogP contribution in [-0.2, 0) is 0 Å². The molecule has 0 amide bonds. The molecule has 0 radical (unpaired) electrons. The van der Waals surface area contributed by atoms with E-state index in [1.807, 2.05) is 30.3 Å². The van der Waals surface area contributed by atoms with Gasteiger partial charge in [-0.15, -0.1) is 0 Å². The van der Waals surface area contributed by atoms with Crippen LogP contribution in [0.25, 0.3) is 11.4 Å². The van der Waals surface area contributed by atoms with Crippen LogP contribution in [0, 0.1) is 0 Å². The second-order valence-corrected chi connectivity index (χ2v) is 4.89. The fourth-order valence-electron chi connectivity index (χ4n) is 2.69. The molecule has 0 unspecified atom stereocenters. The van der Waals surface area contributed by atoms with Crippen molar-refractivity contribution < 1.29 is 10.2 Å². The van der Waals surface area contributed by atoms with Crippen LogP contribution in [0.5, 0.6) is 0 Å². The molecular formula is C15H16N2O2. The lowest BCUT2D eigenvalue weighted by atomic mass is 10.0. The Morgan fingerprint density at radius 1 is 1.05 bits per heavy atom. The molecule has 0 spiro atoms. The number of benzene rings is 1. The Hall–Kier alpha value is -1.78. The van der Waals surface area contributed by atoms with Crippen molar-refractivity contribution in [3.8, 4) is 11.4 Å². The molecule has 1 aliphatic carbocycles. The summed E-state index contributed by atoms with van der Waals surface area (Å²) in [4.78, 5) is 8.98. The van der Waals surface area contributed by atoms with Crippen molar-refractivity contribution >= 4 is 0 Å². The Labute approximate surface area is 111 Å². The third kappa shape index (κ3) is 2.13. The molecule has 1 aliphatic rings. The summed E-state index contributed by atoms with van der Waals surface area (Å²) >= 11 is 0. The molecule has 2 atom stereocenters. The van der Waals surface area contributed by atoms with E-state index in [0.29, 0.717) is 5.82 Å². The highest BCUT2D eigenvalue weighted by molar-refractivity contribution is 5.55. The van der Waals surface area contributed by atoms with Gasteiger partial charge < -0.3 is 10.2 Å². The Morgan fingerprint density at radius 2 is 1.79 bits per heavy atom. The first-order valence-corrected chi connectivity index (χ1v) is 6.47. The minimum atomic E-state index is 0.0117. The Morgan fingerprint density at radius 3 is 2.47 bits per heavy atom. The smallest absolute Gasteiger partial charge is 0.159 e. The van der Waals surface area contributed by atoms with Gasteiger partial charge in [0, 0.05) is 23.6 Å². The average molecular weight is 256 g/mol. The van der Waals surface area contributed by atoms with Crippen LogP contribution in [0.2, 0.25) is 0 Å². The maximum atomic E-state index is 9.45. The Kier molecular flexibility index (Phi) is 3.27. The predicted octanol–water partition coefficient (Wildman–Crippen LogP) is 1.70. The minimum absolute atomic E-state index is 0.0117. The van der Waals surface area contributed by atoms with Crippen molar-refractivity contribution in [2.75, 3.05) is 13.2 Å². The van der Waals surface area contributed by atoms with Gasteiger partial charge in [0.1, 0.15) is 0 Å². The van der Waals surface area contributed by atoms with Gasteiger partial charge >= 0.3 is 0 Å². The summed E-state index contributed by atoms with van der Waals surface area (Å²) in [6, 6.07) is 9.79. The Bertz CT molecular complexity index is 572. The van der Waals surface area contributed by atoms with E-state index < -0.39 is 0 Å². The zero-order chi connectivity index (χ0) is 13.2. The normalized spacial score (nSPS) is 21.4. The number of aliphatic hydroxyl groups is 2. The van der Waals surface area contributed by atoms with E-state index in [2.05, 4.69) is 9.97 Å². The van der Waals surface area contributed by atoms with Crippen LogP contribution in [0.3, 0.4) is 0 Å². The molecule has 98 valence electrons. The molecule has 0 aliphatic heterocycles. The van der Waals surface area contributed by atoms with Crippen LogP contribution < -0.4 is 0 Å². The first kappa shape index (κ1) is 12.3. The van der Waals surface area contributed by atoms with E-state index in [-0.39, 0.29) is 25.0 Å². The SMILES string of the molecule is OC[C@H]1C[C@@H](CO)c2nc(-c3ccccc3)ncc21. The number of aromatic nitrogens is 2. The summed E-state index contributed by atoms with van der Waals surface area (Å²) in [6.07, 6.45) is 2.54. The summed E-state index contributed by atoms with van der Waals surface area (Å²) in [5.74, 6) is 0.742. The van der Waals surface area contributed by atoms with Crippen LogP contribution in [0.1, 0.15) is 29.5 Å². The lowest BCUT2D eigenvalue weighted by Crippen LogP contribution is -2.03. The van der Waals surface area contributed by atoms with E-state index in [1.54, 1.807) is 6.20 Å². The van der Waals surface area contributed by atoms with Gasteiger partial charge in [0.25, 0.3) is 0 Å². The van der Waals surface area contributed by atoms with E-state index in [4.69, 9.17) is 0 Å². The molecule has 4 heteroatoms. The largest absolute Gasteiger partial charge is 0.396 e. The highest BCUT2D eigenvalue weighted by atomic mass is 16.3. The first-order chi connectivity index (χ1) is 9.33. The maximum absolute atomic E-state index is 9.45. The summed E-state index contributed by atoms with van der Waals surface area (Å²) in [7, 11) is 0. The standard InChI is InChI=1S/C15H16N2O2/c18-8-11-6-12(9-19)14-13(11)7-16-15(17-14)10-4-2-1-3-5-10/h1-5,7,11-12,18-19H,6,8-9H2/t11-,12+/m1/s1. The number of hydrogen-bond donors (Lipinski definition) is 2. The highest BCUT2D eigenvalue weighted by Crippen LogP contribution is 2.40. The summed E-state index contributed by atoms with van der Waals surface area (Å²) in [5.41, 5.74) is 2.83. The second-order valence-electron chi connectivity index (χ2n) is 4.89. The molecule has 19 heavy (non-hydrogen) atoms. The van der Waals surface area contributed by atoms with Crippen molar-refractivity contribution in [2.24, 2.45) is 0 Å². The zero-order valence-corrected chi connectivity index (χ0v) is 10.5. The van der Waals surface area contributed by atoms with Gasteiger partial charge in [-0.05, 0) is 12.0 Å². The average Bonchev–Trinajstić information content (AvgIpc) is 2.85. The molecular weight excluding hydrogens is 240 g/mol. The predicted molar refractivity (Wildman–Crippen MR) is 71.7 cm³/mol. The van der Waals surface area contributed by atoms with Gasteiger partial charge in [-0.2, -0.15) is 0 Å². The van der Waals surface area contributed by atoms with Crippen molar-refractivity contribution in [1.29, 1.82) is 0 Å². The first-order valence-electron chi connectivity index (χ1n) is 6.47. The topological polar surface area (TPSA) is 66.2 Å². The van der Waals surface area contributed by atoms with Crippen molar-refractivity contribution in [2.45, 2.75) is 18.3 Å². The fraction of sp³-hybridized carbons (Fsp3) is 0.333.